The van der Waals surface area contributed by atoms with Crippen LogP contribution in [0, 0.1) is 17.8 Å². The van der Waals surface area contributed by atoms with Gasteiger partial charge in [0.2, 0.25) is 0 Å². The van der Waals surface area contributed by atoms with Crippen molar-refractivity contribution < 1.29 is 0 Å². The molecular weight excluding hydrogens is 206 g/mol. The van der Waals surface area contributed by atoms with Gasteiger partial charge in [-0.3, -0.25) is 0 Å². The summed E-state index contributed by atoms with van der Waals surface area (Å²) in [5.41, 5.74) is 0. The van der Waals surface area contributed by atoms with Crippen molar-refractivity contribution in [2.75, 3.05) is 13.6 Å². The molecule has 0 saturated heterocycles. The normalized spacial score (nSPS) is 26.1. The first-order valence-electron chi connectivity index (χ1n) is 7.69. The lowest BCUT2D eigenvalue weighted by Crippen LogP contribution is -2.37. The van der Waals surface area contributed by atoms with E-state index in [1.54, 1.807) is 0 Å². The van der Waals surface area contributed by atoms with Crippen LogP contribution in [-0.4, -0.2) is 24.5 Å². The Labute approximate surface area is 109 Å². The zero-order chi connectivity index (χ0) is 12.8. The van der Waals surface area contributed by atoms with Crippen LogP contribution in [0.15, 0.2) is 0 Å². The number of rotatable bonds is 6. The molecule has 0 bridgehead atoms. The van der Waals surface area contributed by atoms with E-state index in [1.165, 1.54) is 45.1 Å². The van der Waals surface area contributed by atoms with E-state index < -0.39 is 0 Å². The van der Waals surface area contributed by atoms with Crippen LogP contribution in [0.4, 0.5) is 0 Å². The highest BCUT2D eigenvalue weighted by Gasteiger charge is 2.23. The van der Waals surface area contributed by atoms with Gasteiger partial charge in [-0.1, -0.05) is 40.5 Å². The van der Waals surface area contributed by atoms with Crippen LogP contribution in [0.3, 0.4) is 0 Å². The average molecular weight is 239 g/mol. The van der Waals surface area contributed by atoms with Gasteiger partial charge in [-0.05, 0) is 50.5 Å². The monoisotopic (exact) mass is 239 g/mol. The third-order valence-corrected chi connectivity index (χ3v) is 4.25. The van der Waals surface area contributed by atoms with Crippen molar-refractivity contribution in [1.29, 1.82) is 0 Å². The first kappa shape index (κ1) is 15.0. The molecule has 1 fully saturated rings. The molecule has 1 rings (SSSR count). The van der Waals surface area contributed by atoms with Gasteiger partial charge in [0.15, 0.2) is 0 Å². The van der Waals surface area contributed by atoms with Gasteiger partial charge >= 0.3 is 0 Å². The van der Waals surface area contributed by atoms with Crippen molar-refractivity contribution in [3.63, 3.8) is 0 Å². The highest BCUT2D eigenvalue weighted by atomic mass is 15.1. The van der Waals surface area contributed by atoms with E-state index in [1.807, 2.05) is 0 Å². The zero-order valence-corrected chi connectivity index (χ0v) is 12.7. The van der Waals surface area contributed by atoms with E-state index in [-0.39, 0.29) is 0 Å². The highest BCUT2D eigenvalue weighted by Crippen LogP contribution is 2.31. The van der Waals surface area contributed by atoms with Gasteiger partial charge in [0.25, 0.3) is 0 Å². The molecule has 0 amide bonds. The van der Waals surface area contributed by atoms with Gasteiger partial charge in [-0.2, -0.15) is 0 Å². The van der Waals surface area contributed by atoms with Gasteiger partial charge in [0, 0.05) is 12.6 Å². The Bertz CT molecular complexity index is 190. The second-order valence-electron chi connectivity index (χ2n) is 6.98. The van der Waals surface area contributed by atoms with Crippen LogP contribution in [0.1, 0.15) is 66.2 Å². The summed E-state index contributed by atoms with van der Waals surface area (Å²) in [5.74, 6) is 2.72. The molecule has 102 valence electrons. The first-order chi connectivity index (χ1) is 7.99. The lowest BCUT2D eigenvalue weighted by atomic mass is 9.82. The summed E-state index contributed by atoms with van der Waals surface area (Å²) in [6.07, 6.45) is 8.72. The number of hydrogen-bond donors (Lipinski definition) is 0. The van der Waals surface area contributed by atoms with Gasteiger partial charge in [-0.25, -0.2) is 0 Å². The summed E-state index contributed by atoms with van der Waals surface area (Å²) < 4.78 is 0. The van der Waals surface area contributed by atoms with Gasteiger partial charge < -0.3 is 4.90 Å². The third-order valence-electron chi connectivity index (χ3n) is 4.25. The molecule has 1 aliphatic carbocycles. The van der Waals surface area contributed by atoms with Crippen LogP contribution < -0.4 is 0 Å². The van der Waals surface area contributed by atoms with Crippen LogP contribution >= 0.6 is 0 Å². The van der Waals surface area contributed by atoms with E-state index in [0.717, 1.165) is 23.8 Å². The highest BCUT2D eigenvalue weighted by molar-refractivity contribution is 4.78. The Morgan fingerprint density at radius 2 is 1.53 bits per heavy atom. The van der Waals surface area contributed by atoms with Crippen molar-refractivity contribution in [3.05, 3.63) is 0 Å². The maximum atomic E-state index is 2.60. The Morgan fingerprint density at radius 1 is 0.941 bits per heavy atom. The molecule has 0 N–H and O–H groups in total. The Balaban J connectivity index is 2.21. The average Bonchev–Trinajstić information content (AvgIpc) is 2.26. The summed E-state index contributed by atoms with van der Waals surface area (Å²) in [7, 11) is 2.32. The molecule has 1 heteroatoms. The minimum atomic E-state index is 0.804. The molecule has 1 saturated carbocycles. The first-order valence-corrected chi connectivity index (χ1v) is 7.69. The summed E-state index contributed by atoms with van der Waals surface area (Å²) in [5, 5.41) is 0. The predicted molar refractivity (Wildman–Crippen MR) is 77.3 cm³/mol. The maximum Gasteiger partial charge on any atom is 0.00925 e. The van der Waals surface area contributed by atoms with Gasteiger partial charge in [0.05, 0.1) is 0 Å². The molecule has 0 aromatic heterocycles. The van der Waals surface area contributed by atoms with E-state index in [4.69, 9.17) is 0 Å². The number of hydrogen-bond acceptors (Lipinski definition) is 1. The molecule has 17 heavy (non-hydrogen) atoms. The van der Waals surface area contributed by atoms with Crippen molar-refractivity contribution in [2.45, 2.75) is 72.3 Å². The fraction of sp³-hybridized carbons (Fsp3) is 1.00. The number of nitrogens with zero attached hydrogens (tertiary/aromatic N) is 1. The van der Waals surface area contributed by atoms with Gasteiger partial charge in [-0.15, -0.1) is 0 Å². The van der Waals surface area contributed by atoms with Crippen molar-refractivity contribution in [3.8, 4) is 0 Å². The molecule has 0 unspecified atom stereocenters. The third kappa shape index (κ3) is 5.90. The minimum absolute atomic E-state index is 0.804. The van der Waals surface area contributed by atoms with Crippen LogP contribution in [0.2, 0.25) is 0 Å². The minimum Gasteiger partial charge on any atom is -0.303 e. The Kier molecular flexibility index (Phi) is 6.54. The molecule has 0 aromatic carbocycles. The quantitative estimate of drug-likeness (QED) is 0.656. The molecule has 0 aromatic rings. The predicted octanol–water partition coefficient (Wildman–Crippen LogP) is 4.57. The smallest absolute Gasteiger partial charge is 0.00925 e. The van der Waals surface area contributed by atoms with E-state index in [9.17, 15) is 0 Å². The molecule has 1 nitrogen and oxygen atoms in total. The topological polar surface area (TPSA) is 3.24 Å². The van der Waals surface area contributed by atoms with E-state index >= 15 is 0 Å². The van der Waals surface area contributed by atoms with Crippen molar-refractivity contribution in [1.82, 2.24) is 4.90 Å². The molecule has 0 atom stereocenters. The lowest BCUT2D eigenvalue weighted by molar-refractivity contribution is 0.147. The largest absolute Gasteiger partial charge is 0.303 e. The van der Waals surface area contributed by atoms with Crippen LogP contribution in [0.5, 0.6) is 0 Å². The van der Waals surface area contributed by atoms with Crippen molar-refractivity contribution in [2.24, 2.45) is 17.8 Å². The maximum absolute atomic E-state index is 2.60. The zero-order valence-electron chi connectivity index (χ0n) is 12.7. The van der Waals surface area contributed by atoms with Crippen molar-refractivity contribution >= 4 is 0 Å². The molecule has 0 spiro atoms. The van der Waals surface area contributed by atoms with E-state index in [0.29, 0.717) is 0 Å². The lowest BCUT2D eigenvalue weighted by Gasteiger charge is -2.35. The molecular formula is C16H33N. The summed E-state index contributed by atoms with van der Waals surface area (Å²) >= 11 is 0. The second kappa shape index (κ2) is 7.41. The summed E-state index contributed by atoms with van der Waals surface area (Å²) in [4.78, 5) is 2.60. The molecule has 0 radical (unpaired) electrons. The SMILES string of the molecule is CC(C)CC[C@H]1CC[C@H](N(C)CC(C)C)CC1. The van der Waals surface area contributed by atoms with Crippen LogP contribution in [-0.2, 0) is 0 Å². The Hall–Kier alpha value is -0.0400. The molecule has 0 aliphatic heterocycles. The summed E-state index contributed by atoms with van der Waals surface area (Å²) in [6, 6.07) is 0.868. The van der Waals surface area contributed by atoms with E-state index in [2.05, 4.69) is 39.6 Å². The summed E-state index contributed by atoms with van der Waals surface area (Å²) in [6.45, 7) is 10.6. The second-order valence-corrected chi connectivity index (χ2v) is 6.98. The molecule has 0 heterocycles. The standard InChI is InChI=1S/C16H33N/c1-13(2)6-7-15-8-10-16(11-9-15)17(5)12-14(3)4/h13-16H,6-12H2,1-5H3/t15-,16-. The molecule has 1 aliphatic rings. The fourth-order valence-corrected chi connectivity index (χ4v) is 3.17. The van der Waals surface area contributed by atoms with Gasteiger partial charge in [0.1, 0.15) is 0 Å². The van der Waals surface area contributed by atoms with Crippen LogP contribution in [0.25, 0.3) is 0 Å². The fourth-order valence-electron chi connectivity index (χ4n) is 3.17. The Morgan fingerprint density at radius 3 is 2.00 bits per heavy atom.